The third-order valence-corrected chi connectivity index (χ3v) is 4.95. The first-order valence-electron chi connectivity index (χ1n) is 10.1. The van der Waals surface area contributed by atoms with Crippen molar-refractivity contribution in [3.8, 4) is 0 Å². The van der Waals surface area contributed by atoms with Gasteiger partial charge in [-0.1, -0.05) is 26.0 Å². The van der Waals surface area contributed by atoms with E-state index in [-0.39, 0.29) is 6.03 Å². The molecule has 4 N–H and O–H groups in total. The predicted octanol–water partition coefficient (Wildman–Crippen LogP) is 4.99. The number of allylic oxidation sites excluding steroid dienone is 1. The summed E-state index contributed by atoms with van der Waals surface area (Å²) in [5, 5.41) is 9.65. The van der Waals surface area contributed by atoms with Gasteiger partial charge in [-0.2, -0.15) is 0 Å². The molecule has 0 saturated heterocycles. The zero-order valence-corrected chi connectivity index (χ0v) is 17.1. The van der Waals surface area contributed by atoms with E-state index in [9.17, 15) is 4.79 Å². The molecule has 154 valence electrons. The number of anilines is 3. The monoisotopic (exact) mass is 402 g/mol. The summed E-state index contributed by atoms with van der Waals surface area (Å²) in [6.07, 6.45) is 7.70. The Hall–Kier alpha value is -3.58. The Morgan fingerprint density at radius 1 is 1.10 bits per heavy atom. The van der Waals surface area contributed by atoms with Gasteiger partial charge in [-0.3, -0.25) is 9.99 Å². The molecular weight excluding hydrogens is 376 g/mol. The van der Waals surface area contributed by atoms with Gasteiger partial charge < -0.3 is 16.1 Å². The molecule has 0 fully saturated rings. The van der Waals surface area contributed by atoms with Crippen LogP contribution in [0.25, 0.3) is 10.8 Å². The van der Waals surface area contributed by atoms with Crippen molar-refractivity contribution in [1.82, 2.24) is 15.9 Å². The van der Waals surface area contributed by atoms with E-state index in [0.29, 0.717) is 11.6 Å². The van der Waals surface area contributed by atoms with Crippen LogP contribution >= 0.6 is 0 Å². The molecule has 4 rings (SSSR count). The maximum Gasteiger partial charge on any atom is 0.323 e. The summed E-state index contributed by atoms with van der Waals surface area (Å²) in [4.78, 5) is 16.6. The van der Waals surface area contributed by atoms with Crippen LogP contribution in [0.1, 0.15) is 26.7 Å². The van der Waals surface area contributed by atoms with Crippen molar-refractivity contribution in [2.75, 3.05) is 15.6 Å². The van der Waals surface area contributed by atoms with E-state index in [1.807, 2.05) is 53.5 Å². The first-order valence-corrected chi connectivity index (χ1v) is 10.1. The minimum absolute atomic E-state index is 0.288. The second-order valence-corrected chi connectivity index (χ2v) is 7.72. The fourth-order valence-corrected chi connectivity index (χ4v) is 3.28. The highest BCUT2D eigenvalue weighted by molar-refractivity contribution is 6.06. The summed E-state index contributed by atoms with van der Waals surface area (Å²) in [7, 11) is 0. The first kappa shape index (κ1) is 19.7. The Labute approximate surface area is 176 Å². The third kappa shape index (κ3) is 4.69. The zero-order chi connectivity index (χ0) is 20.9. The van der Waals surface area contributed by atoms with Crippen LogP contribution < -0.4 is 26.6 Å². The Kier molecular flexibility index (Phi) is 5.81. The van der Waals surface area contributed by atoms with Gasteiger partial charge in [0.25, 0.3) is 0 Å². The van der Waals surface area contributed by atoms with Crippen molar-refractivity contribution in [2.45, 2.75) is 26.7 Å². The minimum Gasteiger partial charge on any atom is -0.308 e. The van der Waals surface area contributed by atoms with Crippen LogP contribution in [0.15, 0.2) is 72.8 Å². The van der Waals surface area contributed by atoms with Gasteiger partial charge in [-0.25, -0.2) is 4.79 Å². The van der Waals surface area contributed by atoms with Crippen molar-refractivity contribution in [3.05, 3.63) is 72.8 Å². The van der Waals surface area contributed by atoms with Crippen LogP contribution in [-0.4, -0.2) is 11.0 Å². The molecule has 1 aliphatic rings. The van der Waals surface area contributed by atoms with Gasteiger partial charge in [-0.05, 0) is 55.2 Å². The van der Waals surface area contributed by atoms with Gasteiger partial charge in [0.05, 0.1) is 11.4 Å². The number of rotatable bonds is 6. The second kappa shape index (κ2) is 8.84. The van der Waals surface area contributed by atoms with E-state index in [2.05, 4.69) is 46.6 Å². The zero-order valence-electron chi connectivity index (χ0n) is 17.1. The quantitative estimate of drug-likeness (QED) is 0.467. The lowest BCUT2D eigenvalue weighted by molar-refractivity contribution is 0.262. The van der Waals surface area contributed by atoms with Gasteiger partial charge in [0, 0.05) is 40.8 Å². The maximum atomic E-state index is 12.5. The molecule has 1 aliphatic heterocycles. The number of pyridine rings is 1. The lowest BCUT2D eigenvalue weighted by Crippen LogP contribution is -2.36. The first-order chi connectivity index (χ1) is 14.6. The Morgan fingerprint density at radius 3 is 2.73 bits per heavy atom. The highest BCUT2D eigenvalue weighted by Crippen LogP contribution is 2.23. The average Bonchev–Trinajstić information content (AvgIpc) is 3.22. The smallest absolute Gasteiger partial charge is 0.308 e. The SMILES string of the molecule is CC(C)CCC1=CN(c2ccc(NC(=O)Nc3cccc4cnccc34)cc2)NN1. The molecule has 2 aromatic carbocycles. The molecule has 0 unspecified atom stereocenters. The largest absolute Gasteiger partial charge is 0.323 e. The fraction of sp³-hybridized carbons (Fsp3) is 0.217. The Bertz CT molecular complexity index is 1060. The van der Waals surface area contributed by atoms with Crippen molar-refractivity contribution in [2.24, 2.45) is 5.92 Å². The maximum absolute atomic E-state index is 12.5. The van der Waals surface area contributed by atoms with Crippen molar-refractivity contribution in [1.29, 1.82) is 0 Å². The molecule has 0 bridgehead atoms. The second-order valence-electron chi connectivity index (χ2n) is 7.72. The highest BCUT2D eigenvalue weighted by atomic mass is 16.2. The van der Waals surface area contributed by atoms with Gasteiger partial charge in [0.1, 0.15) is 0 Å². The average molecular weight is 403 g/mol. The molecule has 2 amide bonds. The number of amides is 2. The molecule has 0 spiro atoms. The van der Waals surface area contributed by atoms with Crippen LogP contribution in [0, 0.1) is 5.92 Å². The number of urea groups is 1. The van der Waals surface area contributed by atoms with Gasteiger partial charge in [-0.15, -0.1) is 5.53 Å². The number of nitrogens with one attached hydrogen (secondary N) is 4. The number of benzene rings is 2. The molecule has 7 nitrogen and oxygen atoms in total. The number of hydrazine groups is 2. The van der Waals surface area contributed by atoms with Gasteiger partial charge >= 0.3 is 6.03 Å². The molecule has 1 aromatic heterocycles. The highest BCUT2D eigenvalue weighted by Gasteiger charge is 2.13. The van der Waals surface area contributed by atoms with E-state index in [1.54, 1.807) is 12.4 Å². The summed E-state index contributed by atoms with van der Waals surface area (Å²) >= 11 is 0. The summed E-state index contributed by atoms with van der Waals surface area (Å²) in [5.74, 6) is 0.670. The van der Waals surface area contributed by atoms with Crippen molar-refractivity contribution in [3.63, 3.8) is 0 Å². The molecule has 0 saturated carbocycles. The van der Waals surface area contributed by atoms with E-state index in [1.165, 1.54) is 0 Å². The third-order valence-electron chi connectivity index (χ3n) is 4.95. The molecule has 0 aliphatic carbocycles. The van der Waals surface area contributed by atoms with Crippen LogP contribution in [0.4, 0.5) is 21.9 Å². The van der Waals surface area contributed by atoms with E-state index in [4.69, 9.17) is 0 Å². The number of hydrogen-bond acceptors (Lipinski definition) is 5. The molecule has 30 heavy (non-hydrogen) atoms. The van der Waals surface area contributed by atoms with Crippen molar-refractivity contribution < 1.29 is 4.79 Å². The minimum atomic E-state index is -0.288. The van der Waals surface area contributed by atoms with Crippen LogP contribution in [-0.2, 0) is 0 Å². The van der Waals surface area contributed by atoms with E-state index < -0.39 is 0 Å². The number of hydrogen-bond donors (Lipinski definition) is 4. The molecule has 2 heterocycles. The number of carbonyl (C=O) groups excluding carboxylic acids is 1. The molecular formula is C23H26N6O. The van der Waals surface area contributed by atoms with Crippen LogP contribution in [0.5, 0.6) is 0 Å². The molecule has 7 heteroatoms. The topological polar surface area (TPSA) is 81.3 Å². The van der Waals surface area contributed by atoms with E-state index >= 15 is 0 Å². The Morgan fingerprint density at radius 2 is 1.93 bits per heavy atom. The fourth-order valence-electron chi connectivity index (χ4n) is 3.28. The van der Waals surface area contributed by atoms with Gasteiger partial charge in [0.15, 0.2) is 0 Å². The standard InChI is InChI=1S/C23H26N6O/c1-16(2)6-7-19-15-29(28-27-19)20-10-8-18(9-11-20)25-23(30)26-22-5-3-4-17-14-24-13-12-21(17)22/h3-5,8-16,27-28H,6-7H2,1-2H3,(H2,25,26,30). The number of carbonyl (C=O) groups is 1. The molecule has 0 atom stereocenters. The predicted molar refractivity (Wildman–Crippen MR) is 122 cm³/mol. The van der Waals surface area contributed by atoms with Crippen LogP contribution in [0.3, 0.4) is 0 Å². The lowest BCUT2D eigenvalue weighted by atomic mass is 10.1. The van der Waals surface area contributed by atoms with Gasteiger partial charge in [0.2, 0.25) is 0 Å². The summed E-state index contributed by atoms with van der Waals surface area (Å²) in [5.41, 5.74) is 9.95. The number of aromatic nitrogens is 1. The Balaban J connectivity index is 1.37. The summed E-state index contributed by atoms with van der Waals surface area (Å²) < 4.78 is 0. The van der Waals surface area contributed by atoms with E-state index in [0.717, 1.165) is 40.7 Å². The number of fused-ring (bicyclic) bond motifs is 1. The normalized spacial score (nSPS) is 13.3. The van der Waals surface area contributed by atoms with Crippen LogP contribution in [0.2, 0.25) is 0 Å². The number of nitrogens with zero attached hydrogens (tertiary/aromatic N) is 2. The summed E-state index contributed by atoms with van der Waals surface area (Å²) in [6.45, 7) is 4.44. The lowest BCUT2D eigenvalue weighted by Gasteiger charge is -2.16. The molecule has 3 aromatic rings. The molecule has 0 radical (unpaired) electrons. The summed E-state index contributed by atoms with van der Waals surface area (Å²) in [6, 6.07) is 15.0. The van der Waals surface area contributed by atoms with Crippen molar-refractivity contribution >= 4 is 33.9 Å².